The van der Waals surface area contributed by atoms with Gasteiger partial charge in [-0.1, -0.05) is 0 Å². The zero-order chi connectivity index (χ0) is 22.8. The summed E-state index contributed by atoms with van der Waals surface area (Å²) in [6.45, 7) is 16.1. The van der Waals surface area contributed by atoms with E-state index in [-0.39, 0.29) is 0 Å². The maximum absolute atomic E-state index is 6.16. The molecule has 0 heterocycles. The predicted molar refractivity (Wildman–Crippen MR) is 128 cm³/mol. The maximum Gasteiger partial charge on any atom is 0.500 e. The summed E-state index contributed by atoms with van der Waals surface area (Å²) in [7, 11) is -5.19. The second-order valence-corrected chi connectivity index (χ2v) is 14.4. The fourth-order valence-corrected chi connectivity index (χ4v) is 11.6. The fourth-order valence-electron chi connectivity index (χ4n) is 6.11. The molecule has 0 radical (unpaired) electrons. The van der Waals surface area contributed by atoms with Crippen molar-refractivity contribution < 1.29 is 26.6 Å². The molecule has 2 bridgehead atoms. The Labute approximate surface area is 193 Å². The topological polar surface area (TPSA) is 55.4 Å². The van der Waals surface area contributed by atoms with E-state index in [9.17, 15) is 0 Å². The van der Waals surface area contributed by atoms with Gasteiger partial charge in [-0.15, -0.1) is 0 Å². The quantitative estimate of drug-likeness (QED) is 0.238. The summed E-state index contributed by atoms with van der Waals surface area (Å²) in [6, 6.07) is 1.85. The van der Waals surface area contributed by atoms with E-state index >= 15 is 0 Å². The van der Waals surface area contributed by atoms with E-state index < -0.39 is 17.6 Å². The molecular formula is C23H48O6Si2. The van der Waals surface area contributed by atoms with Gasteiger partial charge in [0, 0.05) is 51.7 Å². The SMILES string of the molecule is CCO[Si](CCC1CC2CCC1(CC[Si](OCC)(OCC)OCC)C2)(OCC)OCC. The Balaban J connectivity index is 2.09. The average Bonchev–Trinajstić information content (AvgIpc) is 3.31. The van der Waals surface area contributed by atoms with Gasteiger partial charge in [-0.25, -0.2) is 0 Å². The van der Waals surface area contributed by atoms with Gasteiger partial charge >= 0.3 is 17.6 Å². The first-order chi connectivity index (χ1) is 15.0. The third kappa shape index (κ3) is 7.09. The van der Waals surface area contributed by atoms with Crippen LogP contribution in [0.1, 0.15) is 80.1 Å². The summed E-state index contributed by atoms with van der Waals surface area (Å²) in [5, 5.41) is 0. The van der Waals surface area contributed by atoms with Gasteiger partial charge in [0.1, 0.15) is 0 Å². The number of hydrogen-bond acceptors (Lipinski definition) is 6. The summed E-state index contributed by atoms with van der Waals surface area (Å²) in [4.78, 5) is 0. The molecule has 2 rings (SSSR count). The van der Waals surface area contributed by atoms with Crippen LogP contribution in [0.2, 0.25) is 12.1 Å². The van der Waals surface area contributed by atoms with Crippen molar-refractivity contribution in [3.05, 3.63) is 0 Å². The van der Waals surface area contributed by atoms with Crippen LogP contribution in [-0.4, -0.2) is 57.3 Å². The normalized spacial score (nSPS) is 26.1. The van der Waals surface area contributed by atoms with Gasteiger partial charge in [-0.2, -0.15) is 0 Å². The third-order valence-electron chi connectivity index (χ3n) is 7.14. The van der Waals surface area contributed by atoms with Crippen molar-refractivity contribution in [2.75, 3.05) is 39.6 Å². The molecule has 0 N–H and O–H groups in total. The zero-order valence-electron chi connectivity index (χ0n) is 21.0. The van der Waals surface area contributed by atoms with Crippen molar-refractivity contribution in [1.82, 2.24) is 0 Å². The lowest BCUT2D eigenvalue weighted by Crippen LogP contribution is -2.48. The highest BCUT2D eigenvalue weighted by Gasteiger charge is 2.54. The van der Waals surface area contributed by atoms with Crippen LogP contribution >= 0.6 is 0 Å². The van der Waals surface area contributed by atoms with Gasteiger partial charge in [0.05, 0.1) is 0 Å². The smallest absolute Gasteiger partial charge is 0.374 e. The van der Waals surface area contributed by atoms with E-state index in [0.717, 1.165) is 30.8 Å². The third-order valence-corrected chi connectivity index (χ3v) is 13.3. The van der Waals surface area contributed by atoms with Crippen molar-refractivity contribution in [3.63, 3.8) is 0 Å². The molecule has 0 aromatic rings. The lowest BCUT2D eigenvalue weighted by molar-refractivity contribution is 0.0579. The van der Waals surface area contributed by atoms with Crippen LogP contribution in [0.4, 0.5) is 0 Å². The van der Waals surface area contributed by atoms with E-state index in [4.69, 9.17) is 26.6 Å². The van der Waals surface area contributed by atoms with E-state index in [0.29, 0.717) is 51.0 Å². The molecule has 0 spiro atoms. The van der Waals surface area contributed by atoms with Crippen LogP contribution < -0.4 is 0 Å². The van der Waals surface area contributed by atoms with Crippen molar-refractivity contribution in [3.8, 4) is 0 Å². The monoisotopic (exact) mass is 476 g/mol. The van der Waals surface area contributed by atoms with E-state index in [1.807, 2.05) is 41.5 Å². The Bertz CT molecular complexity index is 474. The molecule has 0 aromatic heterocycles. The zero-order valence-corrected chi connectivity index (χ0v) is 23.0. The van der Waals surface area contributed by atoms with Crippen LogP contribution in [0.15, 0.2) is 0 Å². The van der Waals surface area contributed by atoms with Gasteiger partial charge in [0.2, 0.25) is 0 Å². The molecule has 31 heavy (non-hydrogen) atoms. The highest BCUT2D eigenvalue weighted by molar-refractivity contribution is 6.61. The first kappa shape index (κ1) is 27.4. The van der Waals surface area contributed by atoms with Crippen molar-refractivity contribution in [1.29, 1.82) is 0 Å². The molecule has 184 valence electrons. The molecule has 0 aromatic carbocycles. The highest BCUT2D eigenvalue weighted by atomic mass is 28.4. The van der Waals surface area contributed by atoms with Crippen LogP contribution in [0.3, 0.4) is 0 Å². The molecule has 2 aliphatic rings. The summed E-state index contributed by atoms with van der Waals surface area (Å²) in [5.74, 6) is 1.57. The van der Waals surface area contributed by atoms with E-state index in [2.05, 4.69) is 0 Å². The first-order valence-corrected chi connectivity index (χ1v) is 16.7. The number of fused-ring (bicyclic) bond motifs is 2. The summed E-state index contributed by atoms with van der Waals surface area (Å²) in [6.07, 6.45) is 7.65. The minimum atomic E-state index is -2.60. The highest BCUT2D eigenvalue weighted by Crippen LogP contribution is 2.62. The lowest BCUT2D eigenvalue weighted by atomic mass is 9.72. The average molecular weight is 477 g/mol. The van der Waals surface area contributed by atoms with Crippen LogP contribution in [-0.2, 0) is 26.6 Å². The largest absolute Gasteiger partial charge is 0.500 e. The molecule has 0 aliphatic heterocycles. The van der Waals surface area contributed by atoms with Crippen LogP contribution in [0, 0.1) is 17.3 Å². The van der Waals surface area contributed by atoms with Crippen molar-refractivity contribution in [2.24, 2.45) is 17.3 Å². The molecule has 2 aliphatic carbocycles. The van der Waals surface area contributed by atoms with Crippen molar-refractivity contribution >= 4 is 17.6 Å². The Morgan fingerprint density at radius 2 is 1.13 bits per heavy atom. The van der Waals surface area contributed by atoms with Crippen molar-refractivity contribution in [2.45, 2.75) is 92.2 Å². The first-order valence-electron chi connectivity index (χ1n) is 12.8. The standard InChI is InChI=1S/C23H48O6Si2/c1-7-24-30(25-8-2,26-9-3)17-14-22-19-21-13-15-23(22,20-21)16-18-31(27-10-4,28-11-5)29-12-6/h21-22H,7-20H2,1-6H3. The van der Waals surface area contributed by atoms with Gasteiger partial charge in [-0.3, -0.25) is 0 Å². The Kier molecular flexibility index (Phi) is 11.7. The second kappa shape index (κ2) is 13.2. The second-order valence-electron chi connectivity index (χ2n) is 8.91. The van der Waals surface area contributed by atoms with Gasteiger partial charge in [-0.05, 0) is 97.3 Å². The number of rotatable bonds is 18. The summed E-state index contributed by atoms with van der Waals surface area (Å²) in [5.41, 5.74) is 0.388. The number of hydrogen-bond donors (Lipinski definition) is 0. The molecule has 2 fully saturated rings. The minimum absolute atomic E-state index is 0.388. The van der Waals surface area contributed by atoms with Crippen LogP contribution in [0.25, 0.3) is 0 Å². The molecule has 0 saturated heterocycles. The van der Waals surface area contributed by atoms with Crippen LogP contribution in [0.5, 0.6) is 0 Å². The maximum atomic E-state index is 6.16. The summed E-state index contributed by atoms with van der Waals surface area (Å²) < 4.78 is 36.9. The summed E-state index contributed by atoms with van der Waals surface area (Å²) >= 11 is 0. The van der Waals surface area contributed by atoms with E-state index in [1.165, 1.54) is 25.7 Å². The molecule has 6 nitrogen and oxygen atoms in total. The Morgan fingerprint density at radius 1 is 0.677 bits per heavy atom. The molecule has 3 unspecified atom stereocenters. The molecular weight excluding hydrogens is 428 g/mol. The fraction of sp³-hybridized carbons (Fsp3) is 1.00. The van der Waals surface area contributed by atoms with Gasteiger partial charge in [0.15, 0.2) is 0 Å². The molecule has 8 heteroatoms. The predicted octanol–water partition coefficient (Wildman–Crippen LogP) is 5.67. The lowest BCUT2D eigenvalue weighted by Gasteiger charge is -2.39. The Hall–Kier alpha value is 0.194. The minimum Gasteiger partial charge on any atom is -0.374 e. The molecule has 2 saturated carbocycles. The van der Waals surface area contributed by atoms with Gasteiger partial charge < -0.3 is 26.6 Å². The van der Waals surface area contributed by atoms with E-state index in [1.54, 1.807) is 0 Å². The molecule has 0 amide bonds. The molecule has 3 atom stereocenters. The Morgan fingerprint density at radius 3 is 1.55 bits per heavy atom. The van der Waals surface area contributed by atoms with Gasteiger partial charge in [0.25, 0.3) is 0 Å².